The second kappa shape index (κ2) is 5.57. The number of hydrogen-bond donors (Lipinski definition) is 2. The zero-order chi connectivity index (χ0) is 13.2. The number of rotatable bonds is 3. The number of ether oxygens (including phenoxy) is 1. The van der Waals surface area contributed by atoms with E-state index in [2.05, 4.69) is 19.2 Å². The molecule has 1 saturated carbocycles. The molecule has 0 spiro atoms. The van der Waals surface area contributed by atoms with Gasteiger partial charge in [-0.1, -0.05) is 6.92 Å². The van der Waals surface area contributed by atoms with Crippen molar-refractivity contribution >= 4 is 5.91 Å². The molecule has 4 nitrogen and oxygen atoms in total. The predicted octanol–water partition coefficient (Wildman–Crippen LogP) is 1.44. The maximum atomic E-state index is 12.2. The molecule has 1 heterocycles. The van der Waals surface area contributed by atoms with Crippen LogP contribution in [0.1, 0.15) is 46.0 Å². The molecule has 1 aliphatic carbocycles. The lowest BCUT2D eigenvalue weighted by molar-refractivity contribution is -0.128. The van der Waals surface area contributed by atoms with E-state index in [-0.39, 0.29) is 23.5 Å². The van der Waals surface area contributed by atoms with Crippen LogP contribution in [0.25, 0.3) is 0 Å². The minimum Gasteiger partial charge on any atom is -0.373 e. The molecule has 4 atom stereocenters. The van der Waals surface area contributed by atoms with Gasteiger partial charge in [-0.3, -0.25) is 4.79 Å². The monoisotopic (exact) mass is 254 g/mol. The molecule has 3 N–H and O–H groups in total. The van der Waals surface area contributed by atoms with Gasteiger partial charge in [-0.25, -0.2) is 0 Å². The smallest absolute Gasteiger partial charge is 0.223 e. The molecular weight excluding hydrogens is 228 g/mol. The molecule has 2 aliphatic rings. The molecule has 1 amide bonds. The Kier molecular flexibility index (Phi) is 4.28. The summed E-state index contributed by atoms with van der Waals surface area (Å²) in [4.78, 5) is 12.2. The Hall–Kier alpha value is -0.610. The highest BCUT2D eigenvalue weighted by molar-refractivity contribution is 5.79. The summed E-state index contributed by atoms with van der Waals surface area (Å²) < 4.78 is 5.69. The van der Waals surface area contributed by atoms with Crippen LogP contribution in [-0.4, -0.2) is 30.7 Å². The van der Waals surface area contributed by atoms with Crippen molar-refractivity contribution < 1.29 is 9.53 Å². The van der Waals surface area contributed by atoms with Gasteiger partial charge in [0.1, 0.15) is 0 Å². The third kappa shape index (κ3) is 3.23. The van der Waals surface area contributed by atoms with Crippen LogP contribution in [0, 0.1) is 11.8 Å². The van der Waals surface area contributed by atoms with Gasteiger partial charge in [0.05, 0.1) is 5.60 Å². The van der Waals surface area contributed by atoms with Crippen LogP contribution in [0.5, 0.6) is 0 Å². The summed E-state index contributed by atoms with van der Waals surface area (Å²) in [6.45, 7) is 5.68. The van der Waals surface area contributed by atoms with E-state index in [1.54, 1.807) is 0 Å². The number of carbonyl (C=O) groups is 1. The van der Waals surface area contributed by atoms with Gasteiger partial charge in [0.25, 0.3) is 0 Å². The highest BCUT2D eigenvalue weighted by Crippen LogP contribution is 2.30. The Morgan fingerprint density at radius 2 is 2.28 bits per heavy atom. The largest absolute Gasteiger partial charge is 0.373 e. The van der Waals surface area contributed by atoms with Crippen molar-refractivity contribution in [2.75, 3.05) is 13.2 Å². The lowest BCUT2D eigenvalue weighted by Gasteiger charge is -2.32. The van der Waals surface area contributed by atoms with Gasteiger partial charge in [-0.15, -0.1) is 0 Å². The molecule has 2 rings (SSSR count). The fraction of sp³-hybridized carbons (Fsp3) is 0.929. The van der Waals surface area contributed by atoms with Gasteiger partial charge >= 0.3 is 0 Å². The van der Waals surface area contributed by atoms with Crippen LogP contribution in [0.15, 0.2) is 0 Å². The minimum atomic E-state index is -0.149. The third-order valence-corrected chi connectivity index (χ3v) is 4.48. The second-order valence-electron chi connectivity index (χ2n) is 6.28. The van der Waals surface area contributed by atoms with Gasteiger partial charge in [0.2, 0.25) is 5.91 Å². The normalized spacial score (nSPS) is 40.7. The number of carbonyl (C=O) groups excluding carboxylic acids is 1. The van der Waals surface area contributed by atoms with Crippen LogP contribution in [0.2, 0.25) is 0 Å². The molecule has 1 aliphatic heterocycles. The lowest BCUT2D eigenvalue weighted by atomic mass is 9.77. The van der Waals surface area contributed by atoms with Crippen molar-refractivity contribution in [3.63, 3.8) is 0 Å². The van der Waals surface area contributed by atoms with Crippen LogP contribution in [0.4, 0.5) is 0 Å². The van der Waals surface area contributed by atoms with Crippen molar-refractivity contribution in [3.05, 3.63) is 0 Å². The third-order valence-electron chi connectivity index (χ3n) is 4.48. The summed E-state index contributed by atoms with van der Waals surface area (Å²) in [5.41, 5.74) is 5.78. The standard InChI is InChI=1S/C14H26N2O2/c1-10-8-11(15)4-5-12(10)13(17)16-9-14(2)6-3-7-18-14/h10-12H,3-9,15H2,1-2H3,(H,16,17). The molecule has 4 unspecified atom stereocenters. The predicted molar refractivity (Wildman–Crippen MR) is 71.1 cm³/mol. The highest BCUT2D eigenvalue weighted by atomic mass is 16.5. The number of nitrogens with one attached hydrogen (secondary N) is 1. The van der Waals surface area contributed by atoms with Crippen molar-refractivity contribution in [1.82, 2.24) is 5.32 Å². The van der Waals surface area contributed by atoms with Crippen LogP contribution < -0.4 is 11.1 Å². The minimum absolute atomic E-state index is 0.134. The molecule has 2 fully saturated rings. The topological polar surface area (TPSA) is 64.4 Å². The van der Waals surface area contributed by atoms with Crippen LogP contribution in [0.3, 0.4) is 0 Å². The molecular formula is C14H26N2O2. The highest BCUT2D eigenvalue weighted by Gasteiger charge is 2.34. The molecule has 1 saturated heterocycles. The average molecular weight is 254 g/mol. The van der Waals surface area contributed by atoms with Gasteiger partial charge in [0.15, 0.2) is 0 Å². The zero-order valence-electron chi connectivity index (χ0n) is 11.6. The number of amides is 1. The average Bonchev–Trinajstić information content (AvgIpc) is 2.74. The lowest BCUT2D eigenvalue weighted by Crippen LogP contribution is -2.45. The molecule has 0 radical (unpaired) electrons. The molecule has 0 bridgehead atoms. The van der Waals surface area contributed by atoms with E-state index in [9.17, 15) is 4.79 Å². The first-order chi connectivity index (χ1) is 8.50. The first-order valence-corrected chi connectivity index (χ1v) is 7.17. The van der Waals surface area contributed by atoms with Gasteiger partial charge in [0, 0.05) is 25.1 Å². The van der Waals surface area contributed by atoms with Gasteiger partial charge < -0.3 is 15.8 Å². The zero-order valence-corrected chi connectivity index (χ0v) is 11.6. The van der Waals surface area contributed by atoms with Gasteiger partial charge in [-0.05, 0) is 44.9 Å². The maximum Gasteiger partial charge on any atom is 0.223 e. The summed E-state index contributed by atoms with van der Waals surface area (Å²) in [5, 5.41) is 3.08. The SMILES string of the molecule is CC1CC(N)CCC1C(=O)NCC1(C)CCCO1. The Bertz CT molecular complexity index is 300. The van der Waals surface area contributed by atoms with E-state index in [1.807, 2.05) is 0 Å². The molecule has 0 aromatic rings. The van der Waals surface area contributed by atoms with E-state index < -0.39 is 0 Å². The fourth-order valence-corrected chi connectivity index (χ4v) is 3.21. The van der Waals surface area contributed by atoms with Crippen molar-refractivity contribution in [2.45, 2.75) is 57.6 Å². The molecule has 0 aromatic carbocycles. The van der Waals surface area contributed by atoms with E-state index in [0.717, 1.165) is 38.7 Å². The first kappa shape index (κ1) is 13.8. The summed E-state index contributed by atoms with van der Waals surface area (Å²) in [7, 11) is 0. The van der Waals surface area contributed by atoms with Crippen LogP contribution in [-0.2, 0) is 9.53 Å². The Balaban J connectivity index is 1.80. The maximum absolute atomic E-state index is 12.2. The number of nitrogens with two attached hydrogens (primary N) is 1. The Labute approximate surface area is 110 Å². The van der Waals surface area contributed by atoms with E-state index in [0.29, 0.717) is 12.5 Å². The van der Waals surface area contributed by atoms with E-state index in [4.69, 9.17) is 10.5 Å². The fourth-order valence-electron chi connectivity index (χ4n) is 3.21. The second-order valence-corrected chi connectivity index (χ2v) is 6.28. The van der Waals surface area contributed by atoms with E-state index in [1.165, 1.54) is 0 Å². The summed E-state index contributed by atoms with van der Waals surface area (Å²) >= 11 is 0. The van der Waals surface area contributed by atoms with Crippen molar-refractivity contribution in [1.29, 1.82) is 0 Å². The molecule has 18 heavy (non-hydrogen) atoms. The van der Waals surface area contributed by atoms with Crippen molar-refractivity contribution in [3.8, 4) is 0 Å². The summed E-state index contributed by atoms with van der Waals surface area (Å²) in [5.74, 6) is 0.715. The Morgan fingerprint density at radius 1 is 1.50 bits per heavy atom. The van der Waals surface area contributed by atoms with E-state index >= 15 is 0 Å². The number of hydrogen-bond acceptors (Lipinski definition) is 3. The summed E-state index contributed by atoms with van der Waals surface area (Å²) in [6.07, 6.45) is 4.99. The Morgan fingerprint density at radius 3 is 2.89 bits per heavy atom. The quantitative estimate of drug-likeness (QED) is 0.801. The summed E-state index contributed by atoms with van der Waals surface area (Å²) in [6, 6.07) is 0.278. The van der Waals surface area contributed by atoms with Gasteiger partial charge in [-0.2, -0.15) is 0 Å². The molecule has 0 aromatic heterocycles. The molecule has 4 heteroatoms. The first-order valence-electron chi connectivity index (χ1n) is 7.17. The van der Waals surface area contributed by atoms with Crippen LogP contribution >= 0.6 is 0 Å². The van der Waals surface area contributed by atoms with Crippen molar-refractivity contribution in [2.24, 2.45) is 17.6 Å². The molecule has 104 valence electrons.